The third-order valence-corrected chi connectivity index (χ3v) is 3.21. The minimum atomic E-state index is 0.474. The first-order valence-electron chi connectivity index (χ1n) is 5.10. The van der Waals surface area contributed by atoms with Gasteiger partial charge in [-0.3, -0.25) is 0 Å². The lowest BCUT2D eigenvalue weighted by Gasteiger charge is -2.10. The van der Waals surface area contributed by atoms with Gasteiger partial charge >= 0.3 is 0 Å². The molecule has 2 rings (SSSR count). The molecule has 0 radical (unpaired) electrons. The van der Waals surface area contributed by atoms with E-state index in [0.29, 0.717) is 21.4 Å². The minimum Gasteiger partial charge on any atom is -0.397 e. The average Bonchev–Trinajstić information content (AvgIpc) is 2.24. The van der Waals surface area contributed by atoms with E-state index in [4.69, 9.17) is 34.7 Å². The van der Waals surface area contributed by atoms with Crippen LogP contribution in [0.1, 0.15) is 5.56 Å². The molecule has 0 aromatic heterocycles. The van der Waals surface area contributed by atoms with E-state index in [9.17, 15) is 0 Å². The van der Waals surface area contributed by atoms with Crippen LogP contribution in [0.15, 0.2) is 30.3 Å². The lowest BCUT2D eigenvalue weighted by Crippen LogP contribution is -1.95. The SMILES string of the molecule is Cc1ccc(-c2cc(N)c(N)cc2Cl)c(Cl)c1. The quantitative estimate of drug-likeness (QED) is 0.763. The number of aryl methyl sites for hydroxylation is 1. The Morgan fingerprint density at radius 1 is 0.824 bits per heavy atom. The summed E-state index contributed by atoms with van der Waals surface area (Å²) in [4.78, 5) is 0. The van der Waals surface area contributed by atoms with E-state index in [0.717, 1.165) is 16.7 Å². The largest absolute Gasteiger partial charge is 0.397 e. The van der Waals surface area contributed by atoms with Crippen LogP contribution in [0, 0.1) is 6.92 Å². The number of hydrogen-bond acceptors (Lipinski definition) is 2. The fourth-order valence-electron chi connectivity index (χ4n) is 1.65. The Balaban J connectivity index is 2.64. The van der Waals surface area contributed by atoms with Crippen LogP contribution in [0.5, 0.6) is 0 Å². The Labute approximate surface area is 110 Å². The van der Waals surface area contributed by atoms with E-state index in [1.54, 1.807) is 12.1 Å². The predicted molar refractivity (Wildman–Crippen MR) is 75.5 cm³/mol. The number of nitrogen functional groups attached to an aromatic ring is 2. The summed E-state index contributed by atoms with van der Waals surface area (Å²) in [6, 6.07) is 9.18. The highest BCUT2D eigenvalue weighted by Gasteiger charge is 2.10. The van der Waals surface area contributed by atoms with Gasteiger partial charge in [-0.2, -0.15) is 0 Å². The molecule has 0 atom stereocenters. The Morgan fingerprint density at radius 2 is 1.41 bits per heavy atom. The highest BCUT2D eigenvalue weighted by molar-refractivity contribution is 6.36. The zero-order valence-electron chi connectivity index (χ0n) is 9.30. The Bertz CT molecular complexity index is 580. The molecular formula is C13H12Cl2N2. The van der Waals surface area contributed by atoms with Crippen LogP contribution < -0.4 is 11.5 Å². The van der Waals surface area contributed by atoms with E-state index in [-0.39, 0.29) is 0 Å². The first kappa shape index (κ1) is 12.1. The second-order valence-electron chi connectivity index (χ2n) is 3.94. The van der Waals surface area contributed by atoms with Crippen molar-refractivity contribution in [2.75, 3.05) is 11.5 Å². The third kappa shape index (κ3) is 2.33. The molecule has 17 heavy (non-hydrogen) atoms. The van der Waals surface area contributed by atoms with Crippen LogP contribution in [-0.4, -0.2) is 0 Å². The molecule has 0 fully saturated rings. The molecule has 0 saturated carbocycles. The molecule has 0 saturated heterocycles. The zero-order chi connectivity index (χ0) is 12.6. The molecule has 2 aromatic carbocycles. The highest BCUT2D eigenvalue weighted by atomic mass is 35.5. The van der Waals surface area contributed by atoms with Crippen molar-refractivity contribution in [1.82, 2.24) is 0 Å². The van der Waals surface area contributed by atoms with Gasteiger partial charge in [0.2, 0.25) is 0 Å². The Hall–Kier alpha value is -1.38. The molecule has 0 spiro atoms. The van der Waals surface area contributed by atoms with Gasteiger partial charge < -0.3 is 11.5 Å². The average molecular weight is 267 g/mol. The van der Waals surface area contributed by atoms with Crippen LogP contribution in [0.25, 0.3) is 11.1 Å². The summed E-state index contributed by atoms with van der Waals surface area (Å²) in [6.07, 6.45) is 0. The van der Waals surface area contributed by atoms with Crippen LogP contribution in [-0.2, 0) is 0 Å². The zero-order valence-corrected chi connectivity index (χ0v) is 10.8. The van der Waals surface area contributed by atoms with Crippen molar-refractivity contribution in [3.8, 4) is 11.1 Å². The summed E-state index contributed by atoms with van der Waals surface area (Å²) < 4.78 is 0. The van der Waals surface area contributed by atoms with E-state index in [1.165, 1.54) is 0 Å². The normalized spacial score (nSPS) is 10.5. The van der Waals surface area contributed by atoms with Gasteiger partial charge in [-0.15, -0.1) is 0 Å². The van der Waals surface area contributed by atoms with Crippen LogP contribution in [0.4, 0.5) is 11.4 Å². The third-order valence-electron chi connectivity index (χ3n) is 2.59. The smallest absolute Gasteiger partial charge is 0.0563 e. The van der Waals surface area contributed by atoms with Crippen molar-refractivity contribution in [3.63, 3.8) is 0 Å². The topological polar surface area (TPSA) is 52.0 Å². The molecule has 88 valence electrons. The molecule has 0 heterocycles. The summed E-state index contributed by atoms with van der Waals surface area (Å²) in [5.74, 6) is 0. The van der Waals surface area contributed by atoms with Crippen molar-refractivity contribution in [1.29, 1.82) is 0 Å². The fraction of sp³-hybridized carbons (Fsp3) is 0.0769. The lowest BCUT2D eigenvalue weighted by molar-refractivity contribution is 1.47. The molecule has 0 aliphatic heterocycles. The van der Waals surface area contributed by atoms with Gasteiger partial charge in [0.05, 0.1) is 16.4 Å². The molecule has 0 unspecified atom stereocenters. The Morgan fingerprint density at radius 3 is 2.06 bits per heavy atom. The molecule has 0 aliphatic carbocycles. The van der Waals surface area contributed by atoms with Crippen molar-refractivity contribution in [2.45, 2.75) is 6.92 Å². The first-order chi connectivity index (χ1) is 7.99. The molecule has 2 nitrogen and oxygen atoms in total. The Kier molecular flexibility index (Phi) is 3.18. The number of halogens is 2. The van der Waals surface area contributed by atoms with Gasteiger partial charge in [-0.05, 0) is 30.7 Å². The second kappa shape index (κ2) is 4.47. The van der Waals surface area contributed by atoms with Crippen molar-refractivity contribution in [3.05, 3.63) is 45.9 Å². The summed E-state index contributed by atoms with van der Waals surface area (Å²) >= 11 is 12.4. The number of benzene rings is 2. The number of nitrogens with two attached hydrogens (primary N) is 2. The maximum atomic E-state index is 6.20. The van der Waals surface area contributed by atoms with Crippen molar-refractivity contribution in [2.24, 2.45) is 0 Å². The van der Waals surface area contributed by atoms with Crippen LogP contribution >= 0.6 is 23.2 Å². The van der Waals surface area contributed by atoms with Crippen LogP contribution in [0.3, 0.4) is 0 Å². The molecule has 4 N–H and O–H groups in total. The van der Waals surface area contributed by atoms with E-state index in [2.05, 4.69) is 0 Å². The van der Waals surface area contributed by atoms with Gasteiger partial charge in [-0.1, -0.05) is 35.3 Å². The minimum absolute atomic E-state index is 0.474. The molecular weight excluding hydrogens is 255 g/mol. The fourth-order valence-corrected chi connectivity index (χ4v) is 2.26. The summed E-state index contributed by atoms with van der Waals surface area (Å²) in [5.41, 5.74) is 15.2. The number of anilines is 2. The monoisotopic (exact) mass is 266 g/mol. The standard InChI is InChI=1S/C13H12Cl2N2/c1-7-2-3-8(10(14)4-7)9-5-12(16)13(17)6-11(9)15/h2-6H,16-17H2,1H3. The molecule has 2 aromatic rings. The molecule has 4 heteroatoms. The first-order valence-corrected chi connectivity index (χ1v) is 5.85. The van der Waals surface area contributed by atoms with E-state index < -0.39 is 0 Å². The van der Waals surface area contributed by atoms with Gasteiger partial charge in [0.1, 0.15) is 0 Å². The predicted octanol–water partition coefficient (Wildman–Crippen LogP) is 4.13. The number of hydrogen-bond donors (Lipinski definition) is 2. The maximum absolute atomic E-state index is 6.20. The highest BCUT2D eigenvalue weighted by Crippen LogP contribution is 2.37. The van der Waals surface area contributed by atoms with Crippen LogP contribution in [0.2, 0.25) is 10.0 Å². The maximum Gasteiger partial charge on any atom is 0.0563 e. The van der Waals surface area contributed by atoms with Crippen molar-refractivity contribution >= 4 is 34.6 Å². The molecule has 0 bridgehead atoms. The number of rotatable bonds is 1. The summed E-state index contributed by atoms with van der Waals surface area (Å²) in [6.45, 7) is 1.98. The van der Waals surface area contributed by atoms with Gasteiger partial charge in [-0.25, -0.2) is 0 Å². The van der Waals surface area contributed by atoms with E-state index in [1.807, 2.05) is 25.1 Å². The van der Waals surface area contributed by atoms with Gasteiger partial charge in [0, 0.05) is 16.1 Å². The van der Waals surface area contributed by atoms with Gasteiger partial charge in [0.25, 0.3) is 0 Å². The summed E-state index contributed by atoms with van der Waals surface area (Å²) in [5, 5.41) is 1.19. The lowest BCUT2D eigenvalue weighted by atomic mass is 10.0. The van der Waals surface area contributed by atoms with E-state index >= 15 is 0 Å². The van der Waals surface area contributed by atoms with Crippen molar-refractivity contribution < 1.29 is 0 Å². The van der Waals surface area contributed by atoms with Gasteiger partial charge in [0.15, 0.2) is 0 Å². The second-order valence-corrected chi connectivity index (χ2v) is 4.76. The molecule has 0 amide bonds. The molecule has 0 aliphatic rings. The summed E-state index contributed by atoms with van der Waals surface area (Å²) in [7, 11) is 0.